The number of likely N-dealkylation sites (tertiary alicyclic amines) is 2. The number of carbonyl (C=O) groups is 1. The van der Waals surface area contributed by atoms with Gasteiger partial charge in [0.1, 0.15) is 11.5 Å². The zero-order valence-corrected chi connectivity index (χ0v) is 14.0. The monoisotopic (exact) mass is 317 g/mol. The van der Waals surface area contributed by atoms with E-state index in [-0.39, 0.29) is 6.03 Å². The van der Waals surface area contributed by atoms with Gasteiger partial charge in [-0.15, -0.1) is 0 Å². The van der Waals surface area contributed by atoms with Gasteiger partial charge in [0.2, 0.25) is 0 Å². The average molecular weight is 317 g/mol. The Kier molecular flexibility index (Phi) is 4.05. The predicted octanol–water partition coefficient (Wildman–Crippen LogP) is 2.89. The molecule has 1 aliphatic carbocycles. The number of hydrogen-bond donors (Lipinski definition) is 1. The lowest BCUT2D eigenvalue weighted by atomic mass is 10.1. The van der Waals surface area contributed by atoms with Gasteiger partial charge in [-0.2, -0.15) is 0 Å². The van der Waals surface area contributed by atoms with Crippen molar-refractivity contribution in [2.45, 2.75) is 70.1 Å². The van der Waals surface area contributed by atoms with Crippen molar-refractivity contribution < 1.29 is 9.21 Å². The first-order valence-corrected chi connectivity index (χ1v) is 9.07. The molecule has 2 saturated heterocycles. The number of carbonyl (C=O) groups excluding carboxylic acids is 1. The molecule has 1 aromatic heterocycles. The van der Waals surface area contributed by atoms with Crippen molar-refractivity contribution in [3.8, 4) is 0 Å². The van der Waals surface area contributed by atoms with Crippen molar-refractivity contribution in [1.29, 1.82) is 0 Å². The number of hydrogen-bond acceptors (Lipinski definition) is 3. The van der Waals surface area contributed by atoms with E-state index in [1.54, 1.807) is 0 Å². The highest BCUT2D eigenvalue weighted by molar-refractivity contribution is 5.75. The van der Waals surface area contributed by atoms with Gasteiger partial charge in [0.25, 0.3) is 0 Å². The van der Waals surface area contributed by atoms with Crippen LogP contribution in [-0.2, 0) is 6.54 Å². The second-order valence-corrected chi connectivity index (χ2v) is 7.32. The second kappa shape index (κ2) is 6.19. The lowest BCUT2D eigenvalue weighted by Gasteiger charge is -2.26. The van der Waals surface area contributed by atoms with E-state index in [4.69, 9.17) is 4.42 Å². The summed E-state index contributed by atoms with van der Waals surface area (Å²) in [5, 5.41) is 3.25. The first-order chi connectivity index (χ1) is 11.2. The third kappa shape index (κ3) is 2.99. The maximum atomic E-state index is 12.6. The summed E-state index contributed by atoms with van der Waals surface area (Å²) < 4.78 is 5.72. The van der Waals surface area contributed by atoms with Crippen LogP contribution in [0.2, 0.25) is 0 Å². The fraction of sp³-hybridized carbons (Fsp3) is 0.722. The first-order valence-electron chi connectivity index (χ1n) is 9.07. The minimum atomic E-state index is 0.167. The Morgan fingerprint density at radius 1 is 1.17 bits per heavy atom. The summed E-state index contributed by atoms with van der Waals surface area (Å²) >= 11 is 0. The molecule has 5 nitrogen and oxygen atoms in total. The van der Waals surface area contributed by atoms with E-state index in [9.17, 15) is 4.79 Å². The van der Waals surface area contributed by atoms with Crippen LogP contribution in [0.25, 0.3) is 0 Å². The van der Waals surface area contributed by atoms with Crippen molar-refractivity contribution in [1.82, 2.24) is 15.1 Å². The van der Waals surface area contributed by atoms with E-state index in [1.807, 2.05) is 13.0 Å². The molecule has 1 N–H and O–H groups in total. The van der Waals surface area contributed by atoms with E-state index in [1.165, 1.54) is 12.8 Å². The highest BCUT2D eigenvalue weighted by atomic mass is 16.3. The van der Waals surface area contributed by atoms with Crippen LogP contribution in [0.1, 0.15) is 50.0 Å². The molecular formula is C18H27N3O2. The van der Waals surface area contributed by atoms with Crippen molar-refractivity contribution in [2.24, 2.45) is 0 Å². The van der Waals surface area contributed by atoms with Crippen molar-refractivity contribution in [3.63, 3.8) is 0 Å². The quantitative estimate of drug-likeness (QED) is 0.932. The van der Waals surface area contributed by atoms with Crippen LogP contribution < -0.4 is 5.32 Å². The Balaban J connectivity index is 1.36. The molecule has 0 aromatic carbocycles. The summed E-state index contributed by atoms with van der Waals surface area (Å²) in [6.07, 6.45) is 6.99. The smallest absolute Gasteiger partial charge is 0.317 e. The fourth-order valence-corrected chi connectivity index (χ4v) is 4.62. The Bertz CT molecular complexity index is 564. The second-order valence-electron chi connectivity index (χ2n) is 7.32. The molecule has 5 heteroatoms. The zero-order chi connectivity index (χ0) is 15.8. The maximum Gasteiger partial charge on any atom is 0.317 e. The van der Waals surface area contributed by atoms with Gasteiger partial charge in [-0.1, -0.05) is 12.8 Å². The minimum Gasteiger partial charge on any atom is -0.465 e. The average Bonchev–Trinajstić information content (AvgIpc) is 3.26. The Hall–Kier alpha value is -1.49. The molecule has 3 heterocycles. The van der Waals surface area contributed by atoms with Crippen LogP contribution in [0, 0.1) is 6.92 Å². The molecule has 2 amide bonds. The number of nitrogens with one attached hydrogen (secondary N) is 1. The van der Waals surface area contributed by atoms with E-state index in [2.05, 4.69) is 21.2 Å². The molecule has 3 fully saturated rings. The summed E-state index contributed by atoms with van der Waals surface area (Å²) in [6, 6.07) is 5.55. The van der Waals surface area contributed by atoms with E-state index in [0.29, 0.717) is 18.1 Å². The number of furan rings is 1. The Morgan fingerprint density at radius 3 is 2.70 bits per heavy atom. The number of fused-ring (bicyclic) bond motifs is 1. The SMILES string of the molecule is Cc1ccc(CN2CC[C@@H]3[C@@H]2CCN3C(=O)NC2CCCC2)o1. The zero-order valence-electron chi connectivity index (χ0n) is 14.0. The van der Waals surface area contributed by atoms with Crippen LogP contribution in [0.15, 0.2) is 16.5 Å². The third-order valence-corrected chi connectivity index (χ3v) is 5.79. The van der Waals surface area contributed by atoms with Gasteiger partial charge < -0.3 is 14.6 Å². The van der Waals surface area contributed by atoms with Crippen LogP contribution >= 0.6 is 0 Å². The molecule has 23 heavy (non-hydrogen) atoms. The normalized spacial score (nSPS) is 28.5. The molecule has 0 radical (unpaired) electrons. The number of rotatable bonds is 3. The fourth-order valence-electron chi connectivity index (χ4n) is 4.62. The van der Waals surface area contributed by atoms with E-state index < -0.39 is 0 Å². The molecule has 3 aliphatic rings. The summed E-state index contributed by atoms with van der Waals surface area (Å²) in [4.78, 5) is 17.2. The van der Waals surface area contributed by atoms with E-state index >= 15 is 0 Å². The van der Waals surface area contributed by atoms with Gasteiger partial charge in [-0.3, -0.25) is 4.90 Å². The van der Waals surface area contributed by atoms with Crippen LogP contribution in [0.3, 0.4) is 0 Å². The van der Waals surface area contributed by atoms with Gasteiger partial charge >= 0.3 is 6.03 Å². The van der Waals surface area contributed by atoms with Crippen molar-refractivity contribution >= 4 is 6.03 Å². The molecule has 2 aliphatic heterocycles. The third-order valence-electron chi connectivity index (χ3n) is 5.79. The van der Waals surface area contributed by atoms with Crippen LogP contribution in [0.5, 0.6) is 0 Å². The lowest BCUT2D eigenvalue weighted by molar-refractivity contribution is 0.182. The Morgan fingerprint density at radius 2 is 1.96 bits per heavy atom. The van der Waals surface area contributed by atoms with Crippen molar-refractivity contribution in [2.75, 3.05) is 13.1 Å². The minimum absolute atomic E-state index is 0.167. The number of amides is 2. The van der Waals surface area contributed by atoms with Crippen LogP contribution in [0.4, 0.5) is 4.79 Å². The standard InChI is InChI=1S/C18H27N3O2/c1-13-6-7-15(23-13)12-20-10-8-17-16(20)9-11-21(17)18(22)19-14-4-2-3-5-14/h6-7,14,16-17H,2-5,8-12H2,1H3,(H,19,22)/t16-,17+/m0/s1. The van der Waals surface area contributed by atoms with Gasteiger partial charge in [0.15, 0.2) is 0 Å². The summed E-state index contributed by atoms with van der Waals surface area (Å²) in [5.41, 5.74) is 0. The molecule has 2 atom stereocenters. The van der Waals surface area contributed by atoms with Gasteiger partial charge in [-0.25, -0.2) is 4.79 Å². The summed E-state index contributed by atoms with van der Waals surface area (Å²) in [7, 11) is 0. The molecule has 1 aromatic rings. The first kappa shape index (κ1) is 15.1. The lowest BCUT2D eigenvalue weighted by Crippen LogP contribution is -2.47. The largest absolute Gasteiger partial charge is 0.465 e. The molecule has 126 valence electrons. The summed E-state index contributed by atoms with van der Waals surface area (Å²) in [6.45, 7) is 4.80. The highest BCUT2D eigenvalue weighted by Gasteiger charge is 2.44. The topological polar surface area (TPSA) is 48.7 Å². The molecule has 0 bridgehead atoms. The predicted molar refractivity (Wildman–Crippen MR) is 88.2 cm³/mol. The Labute approximate surface area is 138 Å². The van der Waals surface area contributed by atoms with Gasteiger partial charge in [0.05, 0.1) is 12.6 Å². The molecule has 4 rings (SSSR count). The maximum absolute atomic E-state index is 12.6. The van der Waals surface area contributed by atoms with Crippen LogP contribution in [-0.4, -0.2) is 47.0 Å². The molecular weight excluding hydrogens is 290 g/mol. The molecule has 0 spiro atoms. The van der Waals surface area contributed by atoms with E-state index in [0.717, 1.165) is 56.8 Å². The van der Waals surface area contributed by atoms with Gasteiger partial charge in [-0.05, 0) is 44.7 Å². The number of aryl methyl sites for hydroxylation is 1. The number of urea groups is 1. The number of nitrogens with zero attached hydrogens (tertiary/aromatic N) is 2. The van der Waals surface area contributed by atoms with Gasteiger partial charge in [0, 0.05) is 25.2 Å². The highest BCUT2D eigenvalue weighted by Crippen LogP contribution is 2.33. The molecule has 0 unspecified atom stereocenters. The van der Waals surface area contributed by atoms with Crippen molar-refractivity contribution in [3.05, 3.63) is 23.7 Å². The molecule has 1 saturated carbocycles. The summed E-state index contributed by atoms with van der Waals surface area (Å²) in [5.74, 6) is 2.01.